The molecule has 3 atom stereocenters. The molecule has 4 nitrogen and oxygen atoms in total. The molecule has 0 spiro atoms. The van der Waals surface area contributed by atoms with Crippen molar-refractivity contribution < 1.29 is 19.7 Å². The molecular formula is C8H12O4S. The lowest BCUT2D eigenvalue weighted by molar-refractivity contribution is 0.0174. The summed E-state index contributed by atoms with van der Waals surface area (Å²) >= 11 is 4.62. The van der Waals surface area contributed by atoms with E-state index in [1.807, 2.05) is 0 Å². The Kier molecular flexibility index (Phi) is 3.65. The van der Waals surface area contributed by atoms with Crippen LogP contribution in [0.25, 0.3) is 0 Å². The summed E-state index contributed by atoms with van der Waals surface area (Å²) in [6.07, 6.45) is -0.444. The molecule has 5 heteroatoms. The van der Waals surface area contributed by atoms with Crippen LogP contribution < -0.4 is 0 Å². The average molecular weight is 204 g/mol. The van der Waals surface area contributed by atoms with Crippen LogP contribution in [-0.2, 0) is 9.47 Å². The van der Waals surface area contributed by atoms with Gasteiger partial charge >= 0.3 is 5.24 Å². The van der Waals surface area contributed by atoms with Crippen LogP contribution in [0.3, 0.4) is 0 Å². The van der Waals surface area contributed by atoms with E-state index in [0.29, 0.717) is 0 Å². The second-order valence-electron chi connectivity index (χ2n) is 2.82. The van der Waals surface area contributed by atoms with E-state index in [2.05, 4.69) is 18.8 Å². The molecule has 0 aromatic carbocycles. The number of hydrogen-bond donors (Lipinski definition) is 2. The minimum Gasteiger partial charge on any atom is -0.453 e. The second kappa shape index (κ2) is 4.55. The van der Waals surface area contributed by atoms with E-state index in [9.17, 15) is 5.11 Å². The third-order valence-corrected chi connectivity index (χ3v) is 2.01. The Bertz CT molecular complexity index is 206. The minimum absolute atomic E-state index is 0.0529. The summed E-state index contributed by atoms with van der Waals surface area (Å²) in [4.78, 5) is 0. The van der Waals surface area contributed by atoms with E-state index >= 15 is 0 Å². The molecule has 13 heavy (non-hydrogen) atoms. The van der Waals surface area contributed by atoms with Crippen LogP contribution in [-0.4, -0.2) is 40.4 Å². The molecule has 1 aliphatic heterocycles. The van der Waals surface area contributed by atoms with Crippen LogP contribution in [0.2, 0.25) is 0 Å². The molecule has 0 aromatic heterocycles. The monoisotopic (exact) mass is 204 g/mol. The number of aliphatic hydroxyl groups excluding tert-OH is 2. The van der Waals surface area contributed by atoms with Gasteiger partial charge in [0.2, 0.25) is 0 Å². The summed E-state index contributed by atoms with van der Waals surface area (Å²) in [7, 11) is 0. The summed E-state index contributed by atoms with van der Waals surface area (Å²) in [6.45, 7) is 3.64. The maximum atomic E-state index is 9.50. The van der Waals surface area contributed by atoms with Crippen LogP contribution in [0.1, 0.15) is 6.42 Å². The molecule has 0 amide bonds. The first kappa shape index (κ1) is 10.4. The first-order valence-electron chi connectivity index (χ1n) is 3.95. The summed E-state index contributed by atoms with van der Waals surface area (Å²) in [5.74, 6) is 0. The number of thiocarbonyl (C=S) groups is 1. The molecule has 1 rings (SSSR count). The van der Waals surface area contributed by atoms with Crippen LogP contribution in [0.5, 0.6) is 0 Å². The Morgan fingerprint density at radius 2 is 2.38 bits per heavy atom. The largest absolute Gasteiger partial charge is 0.453 e. The van der Waals surface area contributed by atoms with Crippen molar-refractivity contribution >= 4 is 17.5 Å². The Labute approximate surface area is 81.8 Å². The van der Waals surface area contributed by atoms with Crippen molar-refractivity contribution in [3.63, 3.8) is 0 Å². The van der Waals surface area contributed by atoms with Crippen molar-refractivity contribution in [2.24, 2.45) is 0 Å². The molecule has 2 N–H and O–H groups in total. The Hall–Kier alpha value is -0.650. The molecular weight excluding hydrogens is 192 g/mol. The molecule has 0 unspecified atom stereocenters. The summed E-state index contributed by atoms with van der Waals surface area (Å²) in [6, 6.07) is 0. The Balaban J connectivity index is 2.35. The summed E-state index contributed by atoms with van der Waals surface area (Å²) < 4.78 is 9.83. The number of ether oxygens (including phenoxy) is 2. The van der Waals surface area contributed by atoms with E-state index in [1.165, 1.54) is 6.08 Å². The highest BCUT2D eigenvalue weighted by Crippen LogP contribution is 2.14. The lowest BCUT2D eigenvalue weighted by Gasteiger charge is -2.16. The molecule has 1 aliphatic rings. The first-order valence-corrected chi connectivity index (χ1v) is 4.36. The van der Waals surface area contributed by atoms with Crippen molar-refractivity contribution in [3.05, 3.63) is 12.7 Å². The zero-order valence-electron chi connectivity index (χ0n) is 7.05. The molecule has 1 saturated heterocycles. The standard InChI is InChI=1S/C8H12O4S/c1-2-5(9)3-6(10)7-4-11-8(13)12-7/h2,5-7,9-10H,1,3-4H2/t5-,6-,7+/m0/s1. The smallest absolute Gasteiger partial charge is 0.352 e. The van der Waals surface area contributed by atoms with Crippen molar-refractivity contribution in [1.29, 1.82) is 0 Å². The molecule has 0 saturated carbocycles. The molecule has 0 aliphatic carbocycles. The summed E-state index contributed by atoms with van der Waals surface area (Å²) in [5, 5.41) is 18.7. The van der Waals surface area contributed by atoms with Gasteiger partial charge in [0.25, 0.3) is 0 Å². The molecule has 1 fully saturated rings. The molecule has 0 aromatic rings. The van der Waals surface area contributed by atoms with Crippen molar-refractivity contribution in [3.8, 4) is 0 Å². The predicted molar refractivity (Wildman–Crippen MR) is 50.3 cm³/mol. The zero-order valence-corrected chi connectivity index (χ0v) is 7.87. The van der Waals surface area contributed by atoms with E-state index in [4.69, 9.17) is 14.6 Å². The van der Waals surface area contributed by atoms with Gasteiger partial charge in [-0.05, 0) is 0 Å². The maximum Gasteiger partial charge on any atom is 0.352 e. The fourth-order valence-corrected chi connectivity index (χ4v) is 1.22. The Morgan fingerprint density at radius 3 is 2.85 bits per heavy atom. The van der Waals surface area contributed by atoms with Crippen LogP contribution >= 0.6 is 12.2 Å². The van der Waals surface area contributed by atoms with Crippen LogP contribution in [0.4, 0.5) is 0 Å². The van der Waals surface area contributed by atoms with Gasteiger partial charge in [0.15, 0.2) is 6.10 Å². The van der Waals surface area contributed by atoms with E-state index < -0.39 is 18.3 Å². The predicted octanol–water partition coefficient (Wildman–Crippen LogP) is -0.0154. The fourth-order valence-electron chi connectivity index (χ4n) is 1.03. The average Bonchev–Trinajstić information content (AvgIpc) is 2.51. The third kappa shape index (κ3) is 2.95. The van der Waals surface area contributed by atoms with Crippen LogP contribution in [0.15, 0.2) is 12.7 Å². The van der Waals surface area contributed by atoms with Gasteiger partial charge in [-0.15, -0.1) is 6.58 Å². The van der Waals surface area contributed by atoms with Gasteiger partial charge in [-0.2, -0.15) is 0 Å². The van der Waals surface area contributed by atoms with Gasteiger partial charge in [0, 0.05) is 18.6 Å². The van der Waals surface area contributed by atoms with E-state index in [0.717, 1.165) is 0 Å². The molecule has 1 heterocycles. The highest BCUT2D eigenvalue weighted by atomic mass is 32.1. The van der Waals surface area contributed by atoms with Gasteiger partial charge in [-0.25, -0.2) is 0 Å². The lowest BCUT2D eigenvalue weighted by Crippen LogP contribution is -2.31. The highest BCUT2D eigenvalue weighted by Gasteiger charge is 2.30. The van der Waals surface area contributed by atoms with Crippen molar-refractivity contribution in [2.75, 3.05) is 6.61 Å². The fraction of sp³-hybridized carbons (Fsp3) is 0.625. The van der Waals surface area contributed by atoms with Gasteiger partial charge in [-0.3, -0.25) is 0 Å². The molecule has 74 valence electrons. The van der Waals surface area contributed by atoms with Crippen LogP contribution in [0, 0.1) is 0 Å². The highest BCUT2D eigenvalue weighted by molar-refractivity contribution is 7.79. The maximum absolute atomic E-state index is 9.50. The second-order valence-corrected chi connectivity index (χ2v) is 3.16. The van der Waals surface area contributed by atoms with Gasteiger partial charge < -0.3 is 19.7 Å². The first-order chi connectivity index (χ1) is 6.13. The lowest BCUT2D eigenvalue weighted by atomic mass is 10.1. The van der Waals surface area contributed by atoms with Gasteiger partial charge in [-0.1, -0.05) is 6.08 Å². The SMILES string of the molecule is C=C[C@H](O)C[C@H](O)[C@H]1COC(=S)O1. The molecule has 0 radical (unpaired) electrons. The quantitative estimate of drug-likeness (QED) is 0.498. The number of rotatable bonds is 4. The Morgan fingerprint density at radius 1 is 1.69 bits per heavy atom. The third-order valence-electron chi connectivity index (χ3n) is 1.80. The topological polar surface area (TPSA) is 58.9 Å². The van der Waals surface area contributed by atoms with Crippen molar-refractivity contribution in [2.45, 2.75) is 24.7 Å². The number of hydrogen-bond acceptors (Lipinski definition) is 5. The van der Waals surface area contributed by atoms with Crippen molar-refractivity contribution in [1.82, 2.24) is 0 Å². The van der Waals surface area contributed by atoms with E-state index in [1.54, 1.807) is 0 Å². The summed E-state index contributed by atoms with van der Waals surface area (Å²) in [5.41, 5.74) is 0. The zero-order chi connectivity index (χ0) is 9.84. The number of aliphatic hydroxyl groups is 2. The minimum atomic E-state index is -0.784. The van der Waals surface area contributed by atoms with Gasteiger partial charge in [0.1, 0.15) is 6.61 Å². The normalized spacial score (nSPS) is 26.0. The van der Waals surface area contributed by atoms with Gasteiger partial charge in [0.05, 0.1) is 12.2 Å². The van der Waals surface area contributed by atoms with E-state index in [-0.39, 0.29) is 18.3 Å². The molecule has 0 bridgehead atoms.